The highest BCUT2D eigenvalue weighted by Crippen LogP contribution is 2.44. The first-order chi connectivity index (χ1) is 16.5. The Hall–Kier alpha value is -3.35. The topological polar surface area (TPSA) is 105 Å². The molecule has 0 saturated heterocycles. The Morgan fingerprint density at radius 1 is 0.912 bits per heavy atom. The molecular formula is C27H32N2O5. The number of hydrogen-bond donors (Lipinski definition) is 3. The molecule has 2 aliphatic rings. The van der Waals surface area contributed by atoms with Crippen molar-refractivity contribution in [2.45, 2.75) is 69.4 Å². The minimum atomic E-state index is -1.01. The summed E-state index contributed by atoms with van der Waals surface area (Å²) in [4.78, 5) is 36.7. The molecule has 3 N–H and O–H groups in total. The summed E-state index contributed by atoms with van der Waals surface area (Å²) in [6.07, 6.45) is 5.33. The zero-order valence-electron chi connectivity index (χ0n) is 19.3. The van der Waals surface area contributed by atoms with Crippen LogP contribution in [0, 0.1) is 0 Å². The molecule has 0 aliphatic heterocycles. The predicted molar refractivity (Wildman–Crippen MR) is 128 cm³/mol. The monoisotopic (exact) mass is 464 g/mol. The van der Waals surface area contributed by atoms with E-state index in [1.54, 1.807) is 0 Å². The van der Waals surface area contributed by atoms with Gasteiger partial charge in [0.1, 0.15) is 12.6 Å². The number of hydrogen-bond acceptors (Lipinski definition) is 4. The lowest BCUT2D eigenvalue weighted by molar-refractivity contribution is -0.137. The molecule has 1 saturated carbocycles. The van der Waals surface area contributed by atoms with Crippen molar-refractivity contribution in [3.8, 4) is 11.1 Å². The van der Waals surface area contributed by atoms with Crippen molar-refractivity contribution in [1.82, 2.24) is 10.6 Å². The Kier molecular flexibility index (Phi) is 7.83. The van der Waals surface area contributed by atoms with Crippen LogP contribution in [0.4, 0.5) is 4.79 Å². The second kappa shape index (κ2) is 11.2. The molecule has 4 rings (SSSR count). The Balaban J connectivity index is 1.38. The largest absolute Gasteiger partial charge is 0.481 e. The molecule has 0 bridgehead atoms. The van der Waals surface area contributed by atoms with E-state index in [0.717, 1.165) is 60.8 Å². The maximum Gasteiger partial charge on any atom is 0.407 e. The molecule has 7 nitrogen and oxygen atoms in total. The number of ether oxygens (including phenoxy) is 1. The van der Waals surface area contributed by atoms with Crippen LogP contribution in [0.25, 0.3) is 11.1 Å². The lowest BCUT2D eigenvalue weighted by Crippen LogP contribution is -2.50. The number of amides is 2. The van der Waals surface area contributed by atoms with Crippen molar-refractivity contribution in [2.24, 2.45) is 0 Å². The number of benzene rings is 2. The van der Waals surface area contributed by atoms with E-state index in [-0.39, 0.29) is 37.3 Å². The van der Waals surface area contributed by atoms with Gasteiger partial charge in [-0.05, 0) is 41.5 Å². The van der Waals surface area contributed by atoms with Gasteiger partial charge in [0, 0.05) is 18.4 Å². The molecule has 180 valence electrons. The van der Waals surface area contributed by atoms with Crippen molar-refractivity contribution < 1.29 is 24.2 Å². The predicted octanol–water partition coefficient (Wildman–Crippen LogP) is 4.60. The normalized spacial score (nSPS) is 16.6. The van der Waals surface area contributed by atoms with Crippen LogP contribution >= 0.6 is 0 Å². The Bertz CT molecular complexity index is 984. The summed E-state index contributed by atoms with van der Waals surface area (Å²) in [5.74, 6) is -1.45. The van der Waals surface area contributed by atoms with Gasteiger partial charge in [-0.3, -0.25) is 9.59 Å². The summed E-state index contributed by atoms with van der Waals surface area (Å²) in [6, 6.07) is 15.2. The van der Waals surface area contributed by atoms with Crippen molar-refractivity contribution in [1.29, 1.82) is 0 Å². The number of fused-ring (bicyclic) bond motifs is 3. The molecule has 0 spiro atoms. The summed E-state index contributed by atoms with van der Waals surface area (Å²) < 4.78 is 5.56. The van der Waals surface area contributed by atoms with E-state index in [9.17, 15) is 14.4 Å². The van der Waals surface area contributed by atoms with Crippen LogP contribution in [0.3, 0.4) is 0 Å². The second-order valence-corrected chi connectivity index (χ2v) is 9.15. The third kappa shape index (κ3) is 5.76. The van der Waals surface area contributed by atoms with E-state index in [4.69, 9.17) is 9.84 Å². The first-order valence-corrected chi connectivity index (χ1v) is 12.2. The van der Waals surface area contributed by atoms with E-state index in [0.29, 0.717) is 0 Å². The standard InChI is InChI=1S/C27H32N2O5/c30-25(31)16-15-24(26(32)28-18-9-3-1-2-4-10-18)29-27(33)34-17-23-21-13-7-5-11-19(21)20-12-6-8-14-22(20)23/h5-8,11-14,18,23-24H,1-4,9-10,15-17H2,(H,28,32)(H,29,33)(H,30,31). The highest BCUT2D eigenvalue weighted by atomic mass is 16.5. The summed E-state index contributed by atoms with van der Waals surface area (Å²) in [5, 5.41) is 14.7. The minimum absolute atomic E-state index is 0.0120. The second-order valence-electron chi connectivity index (χ2n) is 9.15. The zero-order valence-corrected chi connectivity index (χ0v) is 19.3. The number of rotatable bonds is 8. The van der Waals surface area contributed by atoms with Crippen LogP contribution in [-0.2, 0) is 14.3 Å². The van der Waals surface area contributed by atoms with Crippen molar-refractivity contribution in [2.75, 3.05) is 6.61 Å². The van der Waals surface area contributed by atoms with Crippen molar-refractivity contribution >= 4 is 18.0 Å². The number of carbonyl (C=O) groups excluding carboxylic acids is 2. The van der Waals surface area contributed by atoms with Gasteiger partial charge in [0.15, 0.2) is 0 Å². The third-order valence-corrected chi connectivity index (χ3v) is 6.80. The SMILES string of the molecule is O=C(O)CCC(NC(=O)OCC1c2ccccc2-c2ccccc21)C(=O)NC1CCCCCC1. The first-order valence-electron chi connectivity index (χ1n) is 12.2. The minimum Gasteiger partial charge on any atom is -0.481 e. The highest BCUT2D eigenvalue weighted by Gasteiger charge is 2.30. The van der Waals surface area contributed by atoms with Crippen molar-refractivity contribution in [3.63, 3.8) is 0 Å². The van der Waals surface area contributed by atoms with Crippen LogP contribution in [0.5, 0.6) is 0 Å². The summed E-state index contributed by atoms with van der Waals surface area (Å²) >= 11 is 0. The molecule has 2 aromatic carbocycles. The number of carbonyl (C=O) groups is 3. The fourth-order valence-corrected chi connectivity index (χ4v) is 5.04. The lowest BCUT2D eigenvalue weighted by Gasteiger charge is -2.22. The summed E-state index contributed by atoms with van der Waals surface area (Å²) in [6.45, 7) is 0.135. The quantitative estimate of drug-likeness (QED) is 0.496. The molecular weight excluding hydrogens is 432 g/mol. The summed E-state index contributed by atoms with van der Waals surface area (Å²) in [7, 11) is 0. The molecule has 34 heavy (non-hydrogen) atoms. The Labute approximate surface area is 199 Å². The first kappa shape index (κ1) is 23.8. The van der Waals surface area contributed by atoms with Gasteiger partial charge in [0.25, 0.3) is 0 Å². The molecule has 0 aromatic heterocycles. The molecule has 2 amide bonds. The van der Waals surface area contributed by atoms with E-state index in [2.05, 4.69) is 22.8 Å². The fraction of sp³-hybridized carbons (Fsp3) is 0.444. The summed E-state index contributed by atoms with van der Waals surface area (Å²) in [5.41, 5.74) is 4.47. The van der Waals surface area contributed by atoms with E-state index >= 15 is 0 Å². The molecule has 1 atom stereocenters. The molecule has 2 aliphatic carbocycles. The van der Waals surface area contributed by atoms with Gasteiger partial charge in [-0.25, -0.2) is 4.79 Å². The van der Waals surface area contributed by atoms with Gasteiger partial charge < -0.3 is 20.5 Å². The van der Waals surface area contributed by atoms with Gasteiger partial charge >= 0.3 is 12.1 Å². The van der Waals surface area contributed by atoms with Gasteiger partial charge in [-0.15, -0.1) is 0 Å². The number of nitrogens with one attached hydrogen (secondary N) is 2. The average molecular weight is 465 g/mol. The van der Waals surface area contributed by atoms with Crippen LogP contribution < -0.4 is 10.6 Å². The fourth-order valence-electron chi connectivity index (χ4n) is 5.04. The van der Waals surface area contributed by atoms with Gasteiger partial charge in [-0.2, -0.15) is 0 Å². The number of alkyl carbamates (subject to hydrolysis) is 1. The van der Waals surface area contributed by atoms with Crippen LogP contribution in [0.2, 0.25) is 0 Å². The maximum atomic E-state index is 12.9. The molecule has 0 heterocycles. The molecule has 0 radical (unpaired) electrons. The van der Waals surface area contributed by atoms with Crippen LogP contribution in [0.1, 0.15) is 68.4 Å². The van der Waals surface area contributed by atoms with Crippen LogP contribution in [-0.4, -0.2) is 41.8 Å². The lowest BCUT2D eigenvalue weighted by atomic mass is 9.98. The maximum absolute atomic E-state index is 12.9. The zero-order chi connectivity index (χ0) is 23.9. The smallest absolute Gasteiger partial charge is 0.407 e. The molecule has 7 heteroatoms. The molecule has 1 fully saturated rings. The molecule has 1 unspecified atom stereocenters. The van der Waals surface area contributed by atoms with E-state index in [1.807, 2.05) is 36.4 Å². The van der Waals surface area contributed by atoms with Gasteiger partial charge in [0.05, 0.1) is 0 Å². The van der Waals surface area contributed by atoms with Crippen LogP contribution in [0.15, 0.2) is 48.5 Å². The van der Waals surface area contributed by atoms with E-state index in [1.165, 1.54) is 0 Å². The Morgan fingerprint density at radius 3 is 2.09 bits per heavy atom. The van der Waals surface area contributed by atoms with Gasteiger partial charge in [-0.1, -0.05) is 74.2 Å². The highest BCUT2D eigenvalue weighted by molar-refractivity contribution is 5.86. The number of carboxylic acids is 1. The van der Waals surface area contributed by atoms with Crippen molar-refractivity contribution in [3.05, 3.63) is 59.7 Å². The third-order valence-electron chi connectivity index (χ3n) is 6.80. The number of carboxylic acid groups (broad SMARTS) is 1. The average Bonchev–Trinajstić information content (AvgIpc) is 2.95. The van der Waals surface area contributed by atoms with Gasteiger partial charge in [0.2, 0.25) is 5.91 Å². The Morgan fingerprint density at radius 2 is 1.50 bits per heavy atom. The number of aliphatic carboxylic acids is 1. The van der Waals surface area contributed by atoms with E-state index < -0.39 is 18.1 Å². The molecule has 2 aromatic rings.